The molecular weight excluding hydrogens is 332 g/mol. The third kappa shape index (κ3) is 3.18. The van der Waals surface area contributed by atoms with Crippen molar-refractivity contribution in [2.45, 2.75) is 11.8 Å². The molecule has 0 saturated heterocycles. The van der Waals surface area contributed by atoms with Gasteiger partial charge in [-0.05, 0) is 24.6 Å². The SMILES string of the molecule is COc1cc(C)ccc1S(=O)(=O)Nc1cc(-n2cncn2)ncn1. The molecule has 0 bridgehead atoms. The Labute approximate surface area is 138 Å². The van der Waals surface area contributed by atoms with Crippen molar-refractivity contribution in [2.75, 3.05) is 11.8 Å². The summed E-state index contributed by atoms with van der Waals surface area (Å²) in [6, 6.07) is 6.27. The number of benzene rings is 1. The molecule has 10 heteroatoms. The highest BCUT2D eigenvalue weighted by molar-refractivity contribution is 7.92. The molecule has 2 aromatic heterocycles. The Morgan fingerprint density at radius 3 is 2.71 bits per heavy atom. The Kier molecular flexibility index (Phi) is 4.13. The number of aromatic nitrogens is 5. The molecule has 1 aromatic carbocycles. The summed E-state index contributed by atoms with van der Waals surface area (Å²) in [5.41, 5.74) is 0.890. The predicted octanol–water partition coefficient (Wildman–Crippen LogP) is 1.18. The Hall–Kier alpha value is -3.01. The van der Waals surface area contributed by atoms with Crippen molar-refractivity contribution in [3.8, 4) is 11.6 Å². The van der Waals surface area contributed by atoms with Crippen LogP contribution in [0.4, 0.5) is 5.82 Å². The summed E-state index contributed by atoms with van der Waals surface area (Å²) in [5, 5.41) is 3.94. The molecule has 0 aliphatic heterocycles. The van der Waals surface area contributed by atoms with E-state index >= 15 is 0 Å². The Morgan fingerprint density at radius 2 is 2.00 bits per heavy atom. The third-order valence-electron chi connectivity index (χ3n) is 3.15. The van der Waals surface area contributed by atoms with E-state index in [2.05, 4.69) is 24.8 Å². The van der Waals surface area contributed by atoms with Crippen LogP contribution in [0.1, 0.15) is 5.56 Å². The van der Waals surface area contributed by atoms with Crippen molar-refractivity contribution in [2.24, 2.45) is 0 Å². The van der Waals surface area contributed by atoms with Crippen molar-refractivity contribution >= 4 is 15.8 Å². The number of hydrogen-bond acceptors (Lipinski definition) is 7. The van der Waals surface area contributed by atoms with Crippen LogP contribution in [0.25, 0.3) is 5.82 Å². The van der Waals surface area contributed by atoms with Gasteiger partial charge in [0.1, 0.15) is 35.4 Å². The van der Waals surface area contributed by atoms with Gasteiger partial charge in [-0.3, -0.25) is 4.72 Å². The highest BCUT2D eigenvalue weighted by atomic mass is 32.2. The number of hydrogen-bond donors (Lipinski definition) is 1. The van der Waals surface area contributed by atoms with Crippen LogP contribution < -0.4 is 9.46 Å². The largest absolute Gasteiger partial charge is 0.495 e. The van der Waals surface area contributed by atoms with Gasteiger partial charge in [0.2, 0.25) is 0 Å². The van der Waals surface area contributed by atoms with Gasteiger partial charge in [-0.25, -0.2) is 28.1 Å². The van der Waals surface area contributed by atoms with Gasteiger partial charge in [-0.2, -0.15) is 5.10 Å². The minimum Gasteiger partial charge on any atom is -0.495 e. The quantitative estimate of drug-likeness (QED) is 0.738. The van der Waals surface area contributed by atoms with Crippen LogP contribution in [-0.4, -0.2) is 40.3 Å². The van der Waals surface area contributed by atoms with Crippen molar-refractivity contribution in [1.29, 1.82) is 0 Å². The molecule has 0 spiro atoms. The molecular formula is C14H14N6O3S. The van der Waals surface area contributed by atoms with Crippen molar-refractivity contribution in [1.82, 2.24) is 24.7 Å². The van der Waals surface area contributed by atoms with Gasteiger partial charge in [-0.15, -0.1) is 0 Å². The fourth-order valence-electron chi connectivity index (χ4n) is 2.04. The van der Waals surface area contributed by atoms with Gasteiger partial charge in [-0.1, -0.05) is 6.07 Å². The smallest absolute Gasteiger partial charge is 0.266 e. The van der Waals surface area contributed by atoms with E-state index < -0.39 is 10.0 Å². The Morgan fingerprint density at radius 1 is 1.17 bits per heavy atom. The number of ether oxygens (including phenoxy) is 1. The minimum absolute atomic E-state index is 0.0246. The predicted molar refractivity (Wildman–Crippen MR) is 85.5 cm³/mol. The summed E-state index contributed by atoms with van der Waals surface area (Å²) in [7, 11) is -2.45. The minimum atomic E-state index is -3.87. The summed E-state index contributed by atoms with van der Waals surface area (Å²) >= 11 is 0. The lowest BCUT2D eigenvalue weighted by molar-refractivity contribution is 0.402. The fraction of sp³-hybridized carbons (Fsp3) is 0.143. The van der Waals surface area contributed by atoms with Gasteiger partial charge >= 0.3 is 0 Å². The number of anilines is 1. The lowest BCUT2D eigenvalue weighted by Gasteiger charge is -2.12. The van der Waals surface area contributed by atoms with Crippen LogP contribution in [-0.2, 0) is 10.0 Å². The normalized spacial score (nSPS) is 11.2. The van der Waals surface area contributed by atoms with Crippen LogP contribution >= 0.6 is 0 Å². The molecule has 0 radical (unpaired) electrons. The maximum absolute atomic E-state index is 12.6. The second-order valence-corrected chi connectivity index (χ2v) is 6.51. The van der Waals surface area contributed by atoms with Crippen LogP contribution in [0.3, 0.4) is 0 Å². The van der Waals surface area contributed by atoms with Gasteiger partial charge in [0.15, 0.2) is 5.82 Å². The first-order valence-electron chi connectivity index (χ1n) is 6.84. The van der Waals surface area contributed by atoms with E-state index in [1.165, 1.54) is 42.9 Å². The average Bonchev–Trinajstić information content (AvgIpc) is 3.08. The van der Waals surface area contributed by atoms with Crippen LogP contribution in [0.5, 0.6) is 5.75 Å². The summed E-state index contributed by atoms with van der Waals surface area (Å²) in [6.45, 7) is 1.85. The molecule has 9 nitrogen and oxygen atoms in total. The Balaban J connectivity index is 1.94. The molecule has 0 aliphatic rings. The van der Waals surface area contributed by atoms with Crippen molar-refractivity contribution < 1.29 is 13.2 Å². The maximum Gasteiger partial charge on any atom is 0.266 e. The highest BCUT2D eigenvalue weighted by Gasteiger charge is 2.20. The van der Waals surface area contributed by atoms with Gasteiger partial charge in [0, 0.05) is 6.07 Å². The third-order valence-corrected chi connectivity index (χ3v) is 4.55. The molecule has 3 rings (SSSR count). The van der Waals surface area contributed by atoms with Gasteiger partial charge < -0.3 is 4.74 Å². The molecule has 0 fully saturated rings. The van der Waals surface area contributed by atoms with E-state index in [1.807, 2.05) is 6.92 Å². The maximum atomic E-state index is 12.6. The second-order valence-electron chi connectivity index (χ2n) is 4.86. The highest BCUT2D eigenvalue weighted by Crippen LogP contribution is 2.26. The Bertz CT molecular complexity index is 956. The molecule has 1 N–H and O–H groups in total. The molecule has 0 amide bonds. The summed E-state index contributed by atoms with van der Waals surface area (Å²) in [6.07, 6.45) is 4.04. The number of nitrogens with zero attached hydrogens (tertiary/aromatic N) is 5. The zero-order valence-corrected chi connectivity index (χ0v) is 13.7. The topological polar surface area (TPSA) is 112 Å². The van der Waals surface area contributed by atoms with Gasteiger partial charge in [0.05, 0.1) is 7.11 Å². The van der Waals surface area contributed by atoms with E-state index in [1.54, 1.807) is 12.1 Å². The zero-order valence-electron chi connectivity index (χ0n) is 12.9. The molecule has 0 atom stereocenters. The lowest BCUT2D eigenvalue weighted by atomic mass is 10.2. The molecule has 2 heterocycles. The molecule has 24 heavy (non-hydrogen) atoms. The molecule has 0 unspecified atom stereocenters. The van der Waals surface area contributed by atoms with Crippen LogP contribution in [0.15, 0.2) is 48.1 Å². The zero-order chi connectivity index (χ0) is 17.2. The molecule has 0 aliphatic carbocycles. The number of rotatable bonds is 5. The molecule has 0 saturated carbocycles. The van der Waals surface area contributed by atoms with E-state index in [4.69, 9.17) is 4.74 Å². The van der Waals surface area contributed by atoms with E-state index in [0.29, 0.717) is 5.82 Å². The first-order chi connectivity index (χ1) is 11.5. The number of sulfonamides is 1. The lowest BCUT2D eigenvalue weighted by Crippen LogP contribution is -2.15. The summed E-state index contributed by atoms with van der Waals surface area (Å²) in [4.78, 5) is 11.8. The monoisotopic (exact) mass is 346 g/mol. The molecule has 124 valence electrons. The summed E-state index contributed by atoms with van der Waals surface area (Å²) in [5.74, 6) is 0.752. The summed E-state index contributed by atoms with van der Waals surface area (Å²) < 4.78 is 34.2. The molecule has 3 aromatic rings. The first kappa shape index (κ1) is 15.9. The van der Waals surface area contributed by atoms with Gasteiger partial charge in [0.25, 0.3) is 10.0 Å². The standard InChI is InChI=1S/C14H14N6O3S/c1-10-3-4-12(11(5-10)23-2)24(21,22)19-13-6-14(17-8-16-13)20-9-15-7-18-20/h3-9H,1-2H3,(H,16,17,19). The number of nitrogens with one attached hydrogen (secondary N) is 1. The fourth-order valence-corrected chi connectivity index (χ4v) is 3.20. The van der Waals surface area contributed by atoms with E-state index in [0.717, 1.165) is 5.56 Å². The van der Waals surface area contributed by atoms with E-state index in [-0.39, 0.29) is 16.5 Å². The van der Waals surface area contributed by atoms with Crippen molar-refractivity contribution in [3.05, 3.63) is 48.8 Å². The van der Waals surface area contributed by atoms with Crippen molar-refractivity contribution in [3.63, 3.8) is 0 Å². The number of methoxy groups -OCH3 is 1. The second kappa shape index (κ2) is 6.24. The number of aryl methyl sites for hydroxylation is 1. The van der Waals surface area contributed by atoms with Crippen LogP contribution in [0, 0.1) is 6.92 Å². The van der Waals surface area contributed by atoms with Crippen LogP contribution in [0.2, 0.25) is 0 Å². The first-order valence-corrected chi connectivity index (χ1v) is 8.32. The average molecular weight is 346 g/mol. The van der Waals surface area contributed by atoms with E-state index in [9.17, 15) is 8.42 Å².